The molecule has 0 heterocycles. The van der Waals surface area contributed by atoms with Gasteiger partial charge < -0.3 is 15.2 Å². The molecule has 0 radical (unpaired) electrons. The van der Waals surface area contributed by atoms with Crippen LogP contribution in [-0.4, -0.2) is 30.1 Å². The lowest BCUT2D eigenvalue weighted by Gasteiger charge is -2.27. The van der Waals surface area contributed by atoms with E-state index in [4.69, 9.17) is 4.74 Å². The smallest absolute Gasteiger partial charge is 0.308 e. The number of hydrogen-bond donors (Lipinski definition) is 2. The number of benzene rings is 2. The summed E-state index contributed by atoms with van der Waals surface area (Å²) in [6, 6.07) is 13.5. The SMILES string of the molecule is O=C(COc1cccc2ccccc12)NCC(C(=O)O)C1CCCCC1. The van der Waals surface area contributed by atoms with Crippen molar-refractivity contribution < 1.29 is 19.4 Å². The first-order valence-electron chi connectivity index (χ1n) is 9.25. The molecule has 1 amide bonds. The fourth-order valence-corrected chi connectivity index (χ4v) is 3.73. The number of hydrogen-bond acceptors (Lipinski definition) is 3. The second kappa shape index (κ2) is 8.70. The first-order valence-corrected chi connectivity index (χ1v) is 9.25. The van der Waals surface area contributed by atoms with Crippen molar-refractivity contribution in [1.29, 1.82) is 0 Å². The van der Waals surface area contributed by atoms with Gasteiger partial charge in [0.2, 0.25) is 0 Å². The fraction of sp³-hybridized carbons (Fsp3) is 0.429. The highest BCUT2D eigenvalue weighted by Crippen LogP contribution is 2.30. The number of rotatable bonds is 7. The van der Waals surface area contributed by atoms with Crippen LogP contribution in [0.5, 0.6) is 5.75 Å². The van der Waals surface area contributed by atoms with Crippen molar-refractivity contribution in [3.8, 4) is 5.75 Å². The summed E-state index contributed by atoms with van der Waals surface area (Å²) in [5.74, 6) is -0.829. The van der Waals surface area contributed by atoms with Crippen LogP contribution in [0, 0.1) is 11.8 Å². The third-order valence-corrected chi connectivity index (χ3v) is 5.16. The van der Waals surface area contributed by atoms with E-state index in [0.29, 0.717) is 5.75 Å². The van der Waals surface area contributed by atoms with Crippen LogP contribution in [0.3, 0.4) is 0 Å². The van der Waals surface area contributed by atoms with E-state index in [9.17, 15) is 14.7 Å². The van der Waals surface area contributed by atoms with Gasteiger partial charge in [-0.05, 0) is 30.2 Å². The summed E-state index contributed by atoms with van der Waals surface area (Å²) in [6.07, 6.45) is 5.19. The molecule has 5 heteroatoms. The van der Waals surface area contributed by atoms with Crippen LogP contribution in [-0.2, 0) is 9.59 Å². The highest BCUT2D eigenvalue weighted by Gasteiger charge is 2.29. The van der Waals surface area contributed by atoms with E-state index >= 15 is 0 Å². The minimum Gasteiger partial charge on any atom is -0.483 e. The van der Waals surface area contributed by atoms with Crippen molar-refractivity contribution in [3.63, 3.8) is 0 Å². The molecular formula is C21H25NO4. The predicted molar refractivity (Wildman–Crippen MR) is 100 cm³/mol. The Morgan fingerprint density at radius 1 is 1.08 bits per heavy atom. The van der Waals surface area contributed by atoms with Crippen molar-refractivity contribution in [3.05, 3.63) is 42.5 Å². The molecule has 1 atom stereocenters. The lowest BCUT2D eigenvalue weighted by molar-refractivity contribution is -0.144. The van der Waals surface area contributed by atoms with E-state index in [1.807, 2.05) is 42.5 Å². The molecule has 26 heavy (non-hydrogen) atoms. The van der Waals surface area contributed by atoms with Crippen molar-refractivity contribution in [1.82, 2.24) is 5.32 Å². The van der Waals surface area contributed by atoms with Gasteiger partial charge in [0.1, 0.15) is 5.75 Å². The van der Waals surface area contributed by atoms with E-state index < -0.39 is 11.9 Å². The molecular weight excluding hydrogens is 330 g/mol. The number of carbonyl (C=O) groups excluding carboxylic acids is 1. The highest BCUT2D eigenvalue weighted by molar-refractivity contribution is 5.88. The maximum absolute atomic E-state index is 12.1. The molecule has 2 N–H and O–H groups in total. The summed E-state index contributed by atoms with van der Waals surface area (Å²) >= 11 is 0. The Morgan fingerprint density at radius 2 is 1.81 bits per heavy atom. The molecule has 0 aliphatic heterocycles. The van der Waals surface area contributed by atoms with Gasteiger partial charge in [-0.15, -0.1) is 0 Å². The third-order valence-electron chi connectivity index (χ3n) is 5.16. The number of fused-ring (bicyclic) bond motifs is 1. The zero-order chi connectivity index (χ0) is 18.4. The average Bonchev–Trinajstić information content (AvgIpc) is 2.67. The molecule has 0 saturated heterocycles. The Balaban J connectivity index is 1.54. The van der Waals surface area contributed by atoms with Gasteiger partial charge in [-0.1, -0.05) is 55.7 Å². The third kappa shape index (κ3) is 4.54. The summed E-state index contributed by atoms with van der Waals surface area (Å²) in [7, 11) is 0. The van der Waals surface area contributed by atoms with E-state index in [-0.39, 0.29) is 25.0 Å². The van der Waals surface area contributed by atoms with Gasteiger partial charge in [-0.2, -0.15) is 0 Å². The monoisotopic (exact) mass is 355 g/mol. The number of carboxylic acids is 1. The fourth-order valence-electron chi connectivity index (χ4n) is 3.73. The Bertz CT molecular complexity index is 762. The summed E-state index contributed by atoms with van der Waals surface area (Å²) in [5.41, 5.74) is 0. The van der Waals surface area contributed by atoms with Gasteiger partial charge in [0.25, 0.3) is 5.91 Å². The Labute approximate surface area is 153 Å². The molecule has 1 unspecified atom stereocenters. The minimum absolute atomic E-state index is 0.120. The average molecular weight is 355 g/mol. The number of ether oxygens (including phenoxy) is 1. The van der Waals surface area contributed by atoms with Gasteiger partial charge in [-0.25, -0.2) is 0 Å². The van der Waals surface area contributed by atoms with Crippen molar-refractivity contribution in [2.24, 2.45) is 11.8 Å². The second-order valence-electron chi connectivity index (χ2n) is 6.91. The molecule has 1 saturated carbocycles. The summed E-state index contributed by atoms with van der Waals surface area (Å²) < 4.78 is 5.66. The number of amides is 1. The van der Waals surface area contributed by atoms with Gasteiger partial charge in [0.05, 0.1) is 5.92 Å². The molecule has 2 aromatic carbocycles. The van der Waals surface area contributed by atoms with Crippen LogP contribution < -0.4 is 10.1 Å². The maximum Gasteiger partial charge on any atom is 0.308 e. The predicted octanol–water partition coefficient (Wildman–Crippen LogP) is 3.62. The van der Waals surface area contributed by atoms with E-state index in [1.54, 1.807) is 0 Å². The molecule has 0 spiro atoms. The van der Waals surface area contributed by atoms with Crippen LogP contribution in [0.1, 0.15) is 32.1 Å². The number of aliphatic carboxylic acids is 1. The van der Waals surface area contributed by atoms with Crippen LogP contribution in [0.25, 0.3) is 10.8 Å². The molecule has 3 rings (SSSR count). The molecule has 0 bridgehead atoms. The molecule has 1 aliphatic rings. The topological polar surface area (TPSA) is 75.6 Å². The molecule has 0 aromatic heterocycles. The number of carboxylic acid groups (broad SMARTS) is 1. The van der Waals surface area contributed by atoms with E-state index in [2.05, 4.69) is 5.32 Å². The van der Waals surface area contributed by atoms with Gasteiger partial charge in [0.15, 0.2) is 6.61 Å². The first kappa shape index (κ1) is 18.2. The quantitative estimate of drug-likeness (QED) is 0.795. The van der Waals surface area contributed by atoms with Gasteiger partial charge in [-0.3, -0.25) is 9.59 Å². The molecule has 5 nitrogen and oxygen atoms in total. The highest BCUT2D eigenvalue weighted by atomic mass is 16.5. The van der Waals surface area contributed by atoms with Crippen LogP contribution in [0.15, 0.2) is 42.5 Å². The van der Waals surface area contributed by atoms with Crippen molar-refractivity contribution >= 4 is 22.6 Å². The Kier molecular flexibility index (Phi) is 6.10. The first-order chi connectivity index (χ1) is 12.6. The minimum atomic E-state index is -0.827. The van der Waals surface area contributed by atoms with Crippen molar-refractivity contribution in [2.45, 2.75) is 32.1 Å². The summed E-state index contributed by atoms with van der Waals surface area (Å²) in [5, 5.41) is 14.2. The standard InChI is InChI=1S/C21H25NO4/c23-20(22-13-18(21(24)25)16-7-2-1-3-8-16)14-26-19-12-6-10-15-9-4-5-11-17(15)19/h4-6,9-12,16,18H,1-3,7-8,13-14H2,(H,22,23)(H,24,25). The summed E-state index contributed by atoms with van der Waals surface area (Å²) in [4.78, 5) is 23.7. The molecule has 1 fully saturated rings. The van der Waals surface area contributed by atoms with Crippen LogP contribution >= 0.6 is 0 Å². The Hall–Kier alpha value is -2.56. The largest absolute Gasteiger partial charge is 0.483 e. The van der Waals surface area contributed by atoms with Crippen molar-refractivity contribution in [2.75, 3.05) is 13.2 Å². The summed E-state index contributed by atoms with van der Waals surface area (Å²) in [6.45, 7) is 0.0444. The molecule has 2 aromatic rings. The number of carbonyl (C=O) groups is 2. The zero-order valence-electron chi connectivity index (χ0n) is 14.8. The number of nitrogens with one attached hydrogen (secondary N) is 1. The van der Waals surface area contributed by atoms with E-state index in [1.165, 1.54) is 6.42 Å². The Morgan fingerprint density at radius 3 is 2.58 bits per heavy atom. The second-order valence-corrected chi connectivity index (χ2v) is 6.91. The lowest BCUT2D eigenvalue weighted by Crippen LogP contribution is -2.39. The van der Waals surface area contributed by atoms with Gasteiger partial charge in [0, 0.05) is 11.9 Å². The zero-order valence-corrected chi connectivity index (χ0v) is 14.8. The maximum atomic E-state index is 12.1. The van der Waals surface area contributed by atoms with Gasteiger partial charge >= 0.3 is 5.97 Å². The van der Waals surface area contributed by atoms with Crippen LogP contribution in [0.2, 0.25) is 0 Å². The van der Waals surface area contributed by atoms with Crippen LogP contribution in [0.4, 0.5) is 0 Å². The molecule has 138 valence electrons. The molecule has 1 aliphatic carbocycles. The van der Waals surface area contributed by atoms with E-state index in [0.717, 1.165) is 36.5 Å². The normalized spacial score (nSPS) is 16.2. The lowest BCUT2D eigenvalue weighted by atomic mass is 9.80.